The van der Waals surface area contributed by atoms with E-state index in [1.807, 2.05) is 0 Å². The molecule has 0 atom stereocenters. The molecule has 2 aromatic rings. The third kappa shape index (κ3) is 8.49. The number of methoxy groups -OCH3 is 2. The minimum Gasteiger partial charge on any atom is -0.493 e. The van der Waals surface area contributed by atoms with Crippen LogP contribution >= 0.6 is 12.2 Å². The maximum absolute atomic E-state index is 12.2. The summed E-state index contributed by atoms with van der Waals surface area (Å²) >= 11 is 5.19. The van der Waals surface area contributed by atoms with E-state index in [4.69, 9.17) is 26.4 Å². The van der Waals surface area contributed by atoms with Gasteiger partial charge in [0.1, 0.15) is 6.61 Å². The van der Waals surface area contributed by atoms with Gasteiger partial charge in [0.25, 0.3) is 0 Å². The highest BCUT2D eigenvalue weighted by atomic mass is 32.1. The Morgan fingerprint density at radius 3 is 2.29 bits per heavy atom. The second-order valence-corrected chi connectivity index (χ2v) is 7.54. The normalized spacial score (nSPS) is 10.7. The predicted octanol–water partition coefficient (Wildman–Crippen LogP) is 3.73. The Labute approximate surface area is 205 Å². The van der Waals surface area contributed by atoms with E-state index < -0.39 is 0 Å². The molecule has 0 spiro atoms. The Bertz CT molecular complexity index is 1000. The molecule has 0 aromatic heterocycles. The van der Waals surface area contributed by atoms with Crippen molar-refractivity contribution in [2.24, 2.45) is 0 Å². The lowest BCUT2D eigenvalue weighted by molar-refractivity contribution is -0.115. The molecule has 2 rings (SSSR count). The number of ether oxygens (including phenoxy) is 3. The molecule has 0 aliphatic carbocycles. The number of likely N-dealkylation sites (N-methyl/N-ethyl adjacent to an activating group) is 1. The van der Waals surface area contributed by atoms with Gasteiger partial charge in [-0.2, -0.15) is 0 Å². The van der Waals surface area contributed by atoms with Crippen molar-refractivity contribution in [1.29, 1.82) is 0 Å². The average molecular weight is 486 g/mol. The van der Waals surface area contributed by atoms with Gasteiger partial charge in [0.05, 0.1) is 19.8 Å². The van der Waals surface area contributed by atoms with E-state index in [-0.39, 0.29) is 17.0 Å². The minimum absolute atomic E-state index is 0.136. The average Bonchev–Trinajstić information content (AvgIpc) is 2.85. The van der Waals surface area contributed by atoms with Crippen LogP contribution in [0, 0.1) is 0 Å². The number of carbonyl (C=O) groups excluding carboxylic acids is 2. The lowest BCUT2D eigenvalue weighted by Crippen LogP contribution is -2.32. The maximum Gasteiger partial charge on any atom is 0.338 e. The Morgan fingerprint density at radius 2 is 1.68 bits per heavy atom. The molecule has 0 saturated heterocycles. The fourth-order valence-electron chi connectivity index (χ4n) is 3.02. The summed E-state index contributed by atoms with van der Waals surface area (Å²) < 4.78 is 15.8. The highest BCUT2D eigenvalue weighted by Gasteiger charge is 2.09. The van der Waals surface area contributed by atoms with Crippen LogP contribution in [-0.4, -0.2) is 62.3 Å². The van der Waals surface area contributed by atoms with E-state index >= 15 is 0 Å². The van der Waals surface area contributed by atoms with Crippen LogP contribution in [0.25, 0.3) is 6.08 Å². The second-order valence-electron chi connectivity index (χ2n) is 7.13. The third-order valence-electron chi connectivity index (χ3n) is 4.99. The molecule has 0 fully saturated rings. The summed E-state index contributed by atoms with van der Waals surface area (Å²) in [7, 11) is 3.10. The lowest BCUT2D eigenvalue weighted by Gasteiger charge is -2.17. The monoisotopic (exact) mass is 485 g/mol. The number of rotatable bonds is 11. The summed E-state index contributed by atoms with van der Waals surface area (Å²) in [5, 5.41) is 5.63. The number of benzene rings is 2. The van der Waals surface area contributed by atoms with Crippen LogP contribution in [0.4, 0.5) is 5.69 Å². The van der Waals surface area contributed by atoms with Gasteiger partial charge in [-0.3, -0.25) is 10.1 Å². The van der Waals surface area contributed by atoms with Crippen molar-refractivity contribution in [3.05, 3.63) is 59.7 Å². The molecular formula is C25H31N3O5S. The molecule has 9 heteroatoms. The van der Waals surface area contributed by atoms with Gasteiger partial charge in [-0.25, -0.2) is 4.79 Å². The summed E-state index contributed by atoms with van der Waals surface area (Å²) in [4.78, 5) is 26.5. The molecule has 0 unspecified atom stereocenters. The molecule has 0 bridgehead atoms. The highest BCUT2D eigenvalue weighted by molar-refractivity contribution is 7.80. The number of anilines is 1. The molecule has 0 aliphatic heterocycles. The van der Waals surface area contributed by atoms with Crippen LogP contribution in [0.1, 0.15) is 29.8 Å². The van der Waals surface area contributed by atoms with Gasteiger partial charge >= 0.3 is 5.97 Å². The fourth-order valence-corrected chi connectivity index (χ4v) is 3.24. The number of thiocarbonyl (C=S) groups is 1. The third-order valence-corrected chi connectivity index (χ3v) is 5.19. The summed E-state index contributed by atoms with van der Waals surface area (Å²) in [5.41, 5.74) is 1.85. The van der Waals surface area contributed by atoms with Crippen LogP contribution in [0.5, 0.6) is 11.5 Å². The standard InChI is InChI=1S/C25H31N3O5S/c1-5-28(6-2)15-16-33-24(30)19-9-11-20(12-10-19)26-25(34)27-23(29)14-8-18-7-13-21(31-3)22(17-18)32-4/h7-14,17H,5-6,15-16H2,1-4H3,(H2,26,27,29,34)/b14-8+. The first-order chi connectivity index (χ1) is 16.4. The molecule has 0 radical (unpaired) electrons. The predicted molar refractivity (Wildman–Crippen MR) is 137 cm³/mol. The van der Waals surface area contributed by atoms with E-state index in [9.17, 15) is 9.59 Å². The molecule has 182 valence electrons. The molecule has 0 saturated carbocycles. The minimum atomic E-state index is -0.388. The van der Waals surface area contributed by atoms with Crippen molar-refractivity contribution in [2.75, 3.05) is 45.8 Å². The molecule has 2 N–H and O–H groups in total. The highest BCUT2D eigenvalue weighted by Crippen LogP contribution is 2.27. The number of nitrogens with one attached hydrogen (secondary N) is 2. The van der Waals surface area contributed by atoms with Crippen LogP contribution < -0.4 is 20.1 Å². The van der Waals surface area contributed by atoms with Gasteiger partial charge in [-0.05, 0) is 73.3 Å². The molecule has 1 amide bonds. The van der Waals surface area contributed by atoms with Gasteiger partial charge in [0.15, 0.2) is 16.6 Å². The molecule has 0 heterocycles. The summed E-state index contributed by atoms with van der Waals surface area (Å²) in [6.07, 6.45) is 3.01. The van der Waals surface area contributed by atoms with E-state index in [1.54, 1.807) is 62.8 Å². The quantitative estimate of drug-likeness (QED) is 0.283. The van der Waals surface area contributed by atoms with Crippen molar-refractivity contribution in [3.8, 4) is 11.5 Å². The van der Waals surface area contributed by atoms with E-state index in [2.05, 4.69) is 29.4 Å². The van der Waals surface area contributed by atoms with E-state index in [1.165, 1.54) is 6.08 Å². The van der Waals surface area contributed by atoms with Crippen molar-refractivity contribution >= 4 is 41.0 Å². The molecule has 0 aliphatic rings. The SMILES string of the molecule is CCN(CC)CCOC(=O)c1ccc(NC(=S)NC(=O)/C=C/c2ccc(OC)c(OC)c2)cc1. The van der Waals surface area contributed by atoms with Gasteiger partial charge in [-0.15, -0.1) is 0 Å². The van der Waals surface area contributed by atoms with Gasteiger partial charge in [0.2, 0.25) is 5.91 Å². The van der Waals surface area contributed by atoms with Crippen molar-refractivity contribution in [2.45, 2.75) is 13.8 Å². The zero-order valence-corrected chi connectivity index (χ0v) is 20.7. The number of esters is 1. The van der Waals surface area contributed by atoms with Crippen molar-refractivity contribution < 1.29 is 23.8 Å². The molecule has 8 nitrogen and oxygen atoms in total. The molecule has 34 heavy (non-hydrogen) atoms. The fraction of sp³-hybridized carbons (Fsp3) is 0.320. The number of carbonyl (C=O) groups is 2. The van der Waals surface area contributed by atoms with Gasteiger partial charge in [-0.1, -0.05) is 19.9 Å². The first-order valence-corrected chi connectivity index (χ1v) is 11.3. The van der Waals surface area contributed by atoms with Crippen molar-refractivity contribution in [3.63, 3.8) is 0 Å². The number of amides is 1. The Kier molecular flexibility index (Phi) is 11.0. The lowest BCUT2D eigenvalue weighted by atomic mass is 10.2. The molecular weight excluding hydrogens is 454 g/mol. The molecule has 2 aromatic carbocycles. The zero-order valence-electron chi connectivity index (χ0n) is 19.9. The Hall–Kier alpha value is -3.43. The second kappa shape index (κ2) is 14.0. The van der Waals surface area contributed by atoms with Crippen LogP contribution in [-0.2, 0) is 9.53 Å². The van der Waals surface area contributed by atoms with Gasteiger partial charge in [0, 0.05) is 18.3 Å². The largest absolute Gasteiger partial charge is 0.493 e. The van der Waals surface area contributed by atoms with E-state index in [0.717, 1.165) is 18.7 Å². The van der Waals surface area contributed by atoms with Crippen LogP contribution in [0.2, 0.25) is 0 Å². The smallest absolute Gasteiger partial charge is 0.338 e. The maximum atomic E-state index is 12.2. The van der Waals surface area contributed by atoms with Crippen LogP contribution in [0.15, 0.2) is 48.5 Å². The van der Waals surface area contributed by atoms with Crippen molar-refractivity contribution in [1.82, 2.24) is 10.2 Å². The van der Waals surface area contributed by atoms with Gasteiger partial charge < -0.3 is 24.4 Å². The summed E-state index contributed by atoms with van der Waals surface area (Å²) in [6.45, 7) is 7.01. The number of hydrogen-bond acceptors (Lipinski definition) is 7. The Balaban J connectivity index is 1.83. The zero-order chi connectivity index (χ0) is 24.9. The first kappa shape index (κ1) is 26.8. The van der Waals surface area contributed by atoms with E-state index in [0.29, 0.717) is 35.9 Å². The number of nitrogens with zero attached hydrogens (tertiary/aromatic N) is 1. The summed E-state index contributed by atoms with van der Waals surface area (Å²) in [6, 6.07) is 12.0. The van der Waals surface area contributed by atoms with Crippen LogP contribution in [0.3, 0.4) is 0 Å². The number of hydrogen-bond donors (Lipinski definition) is 2. The topological polar surface area (TPSA) is 89.1 Å². The summed E-state index contributed by atoms with van der Waals surface area (Å²) in [5.74, 6) is 0.405. The Morgan fingerprint density at radius 1 is 1.00 bits per heavy atom. The first-order valence-electron chi connectivity index (χ1n) is 10.9.